The number of carbonyl (C=O) groups excluding carboxylic acids is 1. The molecule has 2 N–H and O–H groups in total. The van der Waals surface area contributed by atoms with E-state index >= 15 is 0 Å². The van der Waals surface area contributed by atoms with Crippen LogP contribution in [0.2, 0.25) is 5.02 Å². The summed E-state index contributed by atoms with van der Waals surface area (Å²) in [5.74, 6) is -0.144. The van der Waals surface area contributed by atoms with Crippen LogP contribution in [-0.4, -0.2) is 10.9 Å². The van der Waals surface area contributed by atoms with Crippen molar-refractivity contribution >= 4 is 40.2 Å². The van der Waals surface area contributed by atoms with Gasteiger partial charge >= 0.3 is 0 Å². The Labute approximate surface area is 120 Å². The van der Waals surface area contributed by atoms with Crippen LogP contribution in [0.3, 0.4) is 0 Å². The highest BCUT2D eigenvalue weighted by Crippen LogP contribution is 2.26. The van der Waals surface area contributed by atoms with Gasteiger partial charge in [-0.25, -0.2) is 4.98 Å². The number of anilines is 2. The average Bonchev–Trinajstić information content (AvgIpc) is 2.75. The van der Waals surface area contributed by atoms with E-state index in [1.807, 2.05) is 24.4 Å². The summed E-state index contributed by atoms with van der Waals surface area (Å²) in [6, 6.07) is 5.43. The number of hydrogen-bond acceptors (Lipinski definition) is 4. The van der Waals surface area contributed by atoms with E-state index in [4.69, 9.17) is 11.6 Å². The number of rotatable bonds is 4. The van der Waals surface area contributed by atoms with Crippen LogP contribution >= 0.6 is 22.9 Å². The average molecular weight is 296 g/mol. The summed E-state index contributed by atoms with van der Waals surface area (Å²) in [7, 11) is 0. The minimum absolute atomic E-state index is 0.144. The molecule has 1 aromatic heterocycles. The number of benzene rings is 1. The first-order chi connectivity index (χ1) is 9.04. The van der Waals surface area contributed by atoms with Crippen molar-refractivity contribution in [2.24, 2.45) is 0 Å². The number of carbonyl (C=O) groups is 1. The summed E-state index contributed by atoms with van der Waals surface area (Å²) >= 11 is 7.63. The molecule has 0 aliphatic rings. The molecule has 0 radical (unpaired) electrons. The zero-order valence-electron chi connectivity index (χ0n) is 10.7. The van der Waals surface area contributed by atoms with Gasteiger partial charge in [0.05, 0.1) is 17.3 Å². The highest BCUT2D eigenvalue weighted by molar-refractivity contribution is 7.09. The van der Waals surface area contributed by atoms with Crippen molar-refractivity contribution in [2.75, 3.05) is 10.6 Å². The molecule has 2 rings (SSSR count). The second-order valence-corrected chi connectivity index (χ2v) is 5.46. The van der Waals surface area contributed by atoms with E-state index in [0.29, 0.717) is 17.3 Å². The molecule has 4 nitrogen and oxygen atoms in total. The Morgan fingerprint density at radius 1 is 1.47 bits per heavy atom. The molecule has 0 unspecified atom stereocenters. The van der Waals surface area contributed by atoms with Crippen LogP contribution in [0.15, 0.2) is 23.6 Å². The van der Waals surface area contributed by atoms with Gasteiger partial charge in [-0.15, -0.1) is 11.3 Å². The van der Waals surface area contributed by atoms with Gasteiger partial charge in [-0.05, 0) is 25.1 Å². The van der Waals surface area contributed by atoms with Gasteiger partial charge in [-0.1, -0.05) is 11.6 Å². The standard InChI is InChI=1S/C13H14ClN3OS/c1-8-7-19-13(16-8)6-15-10-3-4-11(14)12(5-10)17-9(2)18/h3-5,7,15H,6H2,1-2H3,(H,17,18). The zero-order chi connectivity index (χ0) is 13.8. The second kappa shape index (κ2) is 6.04. The molecule has 0 aliphatic carbocycles. The molecule has 6 heteroatoms. The van der Waals surface area contributed by atoms with E-state index in [1.165, 1.54) is 6.92 Å². The number of amides is 1. The van der Waals surface area contributed by atoms with Crippen LogP contribution in [0.25, 0.3) is 0 Å². The number of thiazole rings is 1. The zero-order valence-corrected chi connectivity index (χ0v) is 12.2. The molecule has 1 aromatic carbocycles. The Morgan fingerprint density at radius 2 is 2.26 bits per heavy atom. The lowest BCUT2D eigenvalue weighted by molar-refractivity contribution is -0.114. The molecule has 1 amide bonds. The largest absolute Gasteiger partial charge is 0.378 e. The van der Waals surface area contributed by atoms with Crippen molar-refractivity contribution in [3.05, 3.63) is 39.3 Å². The lowest BCUT2D eigenvalue weighted by atomic mass is 10.2. The van der Waals surface area contributed by atoms with Gasteiger partial charge in [0.15, 0.2) is 0 Å². The molecule has 0 atom stereocenters. The highest BCUT2D eigenvalue weighted by Gasteiger charge is 2.04. The molecule has 0 fully saturated rings. The van der Waals surface area contributed by atoms with Crippen molar-refractivity contribution in [1.29, 1.82) is 0 Å². The first-order valence-electron chi connectivity index (χ1n) is 5.76. The third kappa shape index (κ3) is 3.94. The van der Waals surface area contributed by atoms with Crippen LogP contribution < -0.4 is 10.6 Å². The van der Waals surface area contributed by atoms with Gasteiger partial charge in [0.2, 0.25) is 5.91 Å². The van der Waals surface area contributed by atoms with Gasteiger partial charge in [0, 0.05) is 23.7 Å². The Bertz CT molecular complexity index is 597. The molecule has 100 valence electrons. The van der Waals surface area contributed by atoms with Crippen LogP contribution in [0.5, 0.6) is 0 Å². The molecule has 0 saturated heterocycles. The van der Waals surface area contributed by atoms with Gasteiger partial charge in [-0.2, -0.15) is 0 Å². The smallest absolute Gasteiger partial charge is 0.221 e. The predicted molar refractivity (Wildman–Crippen MR) is 79.9 cm³/mol. The summed E-state index contributed by atoms with van der Waals surface area (Å²) in [4.78, 5) is 15.4. The maximum Gasteiger partial charge on any atom is 0.221 e. The molecular formula is C13H14ClN3OS. The van der Waals surface area contributed by atoms with E-state index < -0.39 is 0 Å². The van der Waals surface area contributed by atoms with Crippen LogP contribution in [0, 0.1) is 6.92 Å². The van der Waals surface area contributed by atoms with Crippen molar-refractivity contribution in [1.82, 2.24) is 4.98 Å². The molecule has 0 spiro atoms. The summed E-state index contributed by atoms with van der Waals surface area (Å²) in [5, 5.41) is 9.50. The minimum Gasteiger partial charge on any atom is -0.378 e. The van der Waals surface area contributed by atoms with Gasteiger partial charge < -0.3 is 10.6 Å². The van der Waals surface area contributed by atoms with Crippen molar-refractivity contribution in [3.63, 3.8) is 0 Å². The molecule has 19 heavy (non-hydrogen) atoms. The van der Waals surface area contributed by atoms with E-state index in [0.717, 1.165) is 16.4 Å². The highest BCUT2D eigenvalue weighted by atomic mass is 35.5. The molecule has 0 aliphatic heterocycles. The lowest BCUT2D eigenvalue weighted by Gasteiger charge is -2.09. The molecule has 2 aromatic rings. The van der Waals surface area contributed by atoms with Crippen LogP contribution in [-0.2, 0) is 11.3 Å². The Balaban J connectivity index is 2.06. The maximum atomic E-state index is 11.1. The fraction of sp³-hybridized carbons (Fsp3) is 0.231. The number of aromatic nitrogens is 1. The molecular weight excluding hydrogens is 282 g/mol. The number of halogens is 1. The van der Waals surface area contributed by atoms with Crippen molar-refractivity contribution < 1.29 is 4.79 Å². The number of nitrogens with one attached hydrogen (secondary N) is 2. The van der Waals surface area contributed by atoms with E-state index in [2.05, 4.69) is 15.6 Å². The molecule has 0 saturated carbocycles. The van der Waals surface area contributed by atoms with Crippen LogP contribution in [0.4, 0.5) is 11.4 Å². The Hall–Kier alpha value is -1.59. The topological polar surface area (TPSA) is 54.0 Å². The third-order valence-corrected chi connectivity index (χ3v) is 3.68. The minimum atomic E-state index is -0.144. The second-order valence-electron chi connectivity index (χ2n) is 4.11. The van der Waals surface area contributed by atoms with Gasteiger partial charge in [0.25, 0.3) is 0 Å². The maximum absolute atomic E-state index is 11.1. The SMILES string of the molecule is CC(=O)Nc1cc(NCc2nc(C)cs2)ccc1Cl. The monoisotopic (exact) mass is 295 g/mol. The number of aryl methyl sites for hydroxylation is 1. The predicted octanol–water partition coefficient (Wildman–Crippen LogP) is 3.68. The van der Waals surface area contributed by atoms with Crippen molar-refractivity contribution in [2.45, 2.75) is 20.4 Å². The molecule has 0 bridgehead atoms. The first-order valence-corrected chi connectivity index (χ1v) is 7.02. The Kier molecular flexibility index (Phi) is 4.39. The lowest BCUT2D eigenvalue weighted by Crippen LogP contribution is -2.07. The first kappa shape index (κ1) is 13.8. The fourth-order valence-electron chi connectivity index (χ4n) is 1.58. The third-order valence-electron chi connectivity index (χ3n) is 2.39. The summed E-state index contributed by atoms with van der Waals surface area (Å²) in [6.45, 7) is 4.08. The summed E-state index contributed by atoms with van der Waals surface area (Å²) in [6.07, 6.45) is 0. The Morgan fingerprint density at radius 3 is 2.89 bits per heavy atom. The summed E-state index contributed by atoms with van der Waals surface area (Å²) in [5.41, 5.74) is 2.52. The van der Waals surface area contributed by atoms with Crippen LogP contribution in [0.1, 0.15) is 17.6 Å². The van der Waals surface area contributed by atoms with E-state index in [9.17, 15) is 4.79 Å². The van der Waals surface area contributed by atoms with E-state index in [1.54, 1.807) is 17.4 Å². The quantitative estimate of drug-likeness (QED) is 0.905. The normalized spacial score (nSPS) is 10.3. The summed E-state index contributed by atoms with van der Waals surface area (Å²) < 4.78 is 0. The van der Waals surface area contributed by atoms with Gasteiger partial charge in [-0.3, -0.25) is 4.79 Å². The number of nitrogens with zero attached hydrogens (tertiary/aromatic N) is 1. The van der Waals surface area contributed by atoms with E-state index in [-0.39, 0.29) is 5.91 Å². The van der Waals surface area contributed by atoms with Crippen molar-refractivity contribution in [3.8, 4) is 0 Å². The fourth-order valence-corrected chi connectivity index (χ4v) is 2.46. The number of hydrogen-bond donors (Lipinski definition) is 2. The van der Waals surface area contributed by atoms with Gasteiger partial charge in [0.1, 0.15) is 5.01 Å². The molecule has 1 heterocycles.